The molecule has 0 bridgehead atoms. The van der Waals surface area contributed by atoms with Crippen molar-refractivity contribution in [3.8, 4) is 0 Å². The molecule has 4 heteroatoms. The van der Waals surface area contributed by atoms with Crippen molar-refractivity contribution in [2.45, 2.75) is 57.5 Å². The Hall–Kier alpha value is -0.610. The van der Waals surface area contributed by atoms with Crippen LogP contribution in [0.1, 0.15) is 45.4 Å². The average molecular weight is 253 g/mol. The standard InChI is InChI=1S/C14H27N3O/c1-11(15)8-14(18)16-13-6-7-17(10-13)9-12-4-2-3-5-12/h11-13H,2-10,15H2,1H3,(H,16,18). The summed E-state index contributed by atoms with van der Waals surface area (Å²) in [7, 11) is 0. The summed E-state index contributed by atoms with van der Waals surface area (Å²) in [5.74, 6) is 1.02. The lowest BCUT2D eigenvalue weighted by Crippen LogP contribution is -2.39. The number of nitrogens with one attached hydrogen (secondary N) is 1. The molecule has 1 amide bonds. The molecule has 4 nitrogen and oxygen atoms in total. The molecule has 2 unspecified atom stereocenters. The molecule has 3 N–H and O–H groups in total. The molecule has 18 heavy (non-hydrogen) atoms. The summed E-state index contributed by atoms with van der Waals surface area (Å²) in [5, 5.41) is 3.10. The van der Waals surface area contributed by atoms with E-state index in [1.54, 1.807) is 0 Å². The van der Waals surface area contributed by atoms with Gasteiger partial charge in [-0.15, -0.1) is 0 Å². The summed E-state index contributed by atoms with van der Waals surface area (Å²) in [6, 6.07) is 0.304. The molecule has 1 aliphatic carbocycles. The molecule has 2 atom stereocenters. The smallest absolute Gasteiger partial charge is 0.221 e. The first-order valence-corrected chi connectivity index (χ1v) is 7.41. The predicted octanol–water partition coefficient (Wildman–Crippen LogP) is 1.10. The Morgan fingerprint density at radius 2 is 2.11 bits per heavy atom. The highest BCUT2D eigenvalue weighted by Gasteiger charge is 2.26. The highest BCUT2D eigenvalue weighted by molar-refractivity contribution is 5.76. The van der Waals surface area contributed by atoms with Crippen LogP contribution in [0.3, 0.4) is 0 Å². The number of amides is 1. The highest BCUT2D eigenvalue weighted by atomic mass is 16.1. The van der Waals surface area contributed by atoms with Gasteiger partial charge in [-0.2, -0.15) is 0 Å². The molecule has 1 saturated heterocycles. The second-order valence-corrected chi connectivity index (χ2v) is 6.14. The Morgan fingerprint density at radius 1 is 1.39 bits per heavy atom. The summed E-state index contributed by atoms with van der Waals surface area (Å²) < 4.78 is 0. The van der Waals surface area contributed by atoms with Gasteiger partial charge in [-0.05, 0) is 32.1 Å². The Balaban J connectivity index is 1.66. The zero-order valence-electron chi connectivity index (χ0n) is 11.5. The molecule has 0 aromatic rings. The van der Waals surface area contributed by atoms with Gasteiger partial charge in [0.2, 0.25) is 5.91 Å². The van der Waals surface area contributed by atoms with E-state index >= 15 is 0 Å². The van der Waals surface area contributed by atoms with Crippen LogP contribution >= 0.6 is 0 Å². The number of nitrogens with zero attached hydrogens (tertiary/aromatic N) is 1. The number of carbonyl (C=O) groups excluding carboxylic acids is 1. The van der Waals surface area contributed by atoms with Gasteiger partial charge in [-0.3, -0.25) is 4.79 Å². The quantitative estimate of drug-likeness (QED) is 0.771. The van der Waals surface area contributed by atoms with E-state index in [2.05, 4.69) is 10.2 Å². The van der Waals surface area contributed by atoms with Gasteiger partial charge in [0.05, 0.1) is 0 Å². The third kappa shape index (κ3) is 4.25. The van der Waals surface area contributed by atoms with Crippen LogP contribution in [0.4, 0.5) is 0 Å². The molecule has 104 valence electrons. The monoisotopic (exact) mass is 253 g/mol. The van der Waals surface area contributed by atoms with Crippen molar-refractivity contribution in [3.63, 3.8) is 0 Å². The third-order valence-corrected chi connectivity index (χ3v) is 4.14. The Kier molecular flexibility index (Phi) is 5.01. The van der Waals surface area contributed by atoms with E-state index in [0.717, 1.165) is 25.4 Å². The lowest BCUT2D eigenvalue weighted by atomic mass is 10.1. The van der Waals surface area contributed by atoms with E-state index in [9.17, 15) is 4.79 Å². The zero-order chi connectivity index (χ0) is 13.0. The number of rotatable bonds is 5. The summed E-state index contributed by atoms with van der Waals surface area (Å²) in [6.07, 6.45) is 7.16. The number of hydrogen-bond acceptors (Lipinski definition) is 3. The van der Waals surface area contributed by atoms with Gasteiger partial charge in [-0.25, -0.2) is 0 Å². The fourth-order valence-electron chi connectivity index (χ4n) is 3.25. The van der Waals surface area contributed by atoms with Gasteiger partial charge in [0.1, 0.15) is 0 Å². The zero-order valence-corrected chi connectivity index (χ0v) is 11.5. The van der Waals surface area contributed by atoms with E-state index in [4.69, 9.17) is 5.73 Å². The van der Waals surface area contributed by atoms with Crippen molar-refractivity contribution < 1.29 is 4.79 Å². The molecule has 2 aliphatic rings. The number of carbonyl (C=O) groups is 1. The minimum atomic E-state index is -0.0407. The van der Waals surface area contributed by atoms with Gasteiger partial charge >= 0.3 is 0 Å². The van der Waals surface area contributed by atoms with Crippen LogP contribution in [0.15, 0.2) is 0 Å². The lowest BCUT2D eigenvalue weighted by Gasteiger charge is -2.20. The normalized spacial score (nSPS) is 27.6. The second-order valence-electron chi connectivity index (χ2n) is 6.14. The lowest BCUT2D eigenvalue weighted by molar-refractivity contribution is -0.121. The molecular weight excluding hydrogens is 226 g/mol. The van der Waals surface area contributed by atoms with E-state index in [0.29, 0.717) is 12.5 Å². The molecule has 1 heterocycles. The van der Waals surface area contributed by atoms with Gasteiger partial charge in [-0.1, -0.05) is 12.8 Å². The Labute approximate surface area is 110 Å². The molecule has 2 fully saturated rings. The van der Waals surface area contributed by atoms with Gasteiger partial charge < -0.3 is 16.0 Å². The number of hydrogen-bond donors (Lipinski definition) is 2. The second kappa shape index (κ2) is 6.53. The van der Waals surface area contributed by atoms with E-state index < -0.39 is 0 Å². The van der Waals surface area contributed by atoms with Crippen molar-refractivity contribution >= 4 is 5.91 Å². The maximum absolute atomic E-state index is 11.7. The van der Waals surface area contributed by atoms with Crippen LogP contribution in [0.25, 0.3) is 0 Å². The summed E-state index contributed by atoms with van der Waals surface area (Å²) in [5.41, 5.74) is 5.63. The predicted molar refractivity (Wildman–Crippen MR) is 73.2 cm³/mol. The summed E-state index contributed by atoms with van der Waals surface area (Å²) in [6.45, 7) is 5.28. The van der Waals surface area contributed by atoms with Crippen molar-refractivity contribution in [2.75, 3.05) is 19.6 Å². The molecule has 0 radical (unpaired) electrons. The largest absolute Gasteiger partial charge is 0.352 e. The van der Waals surface area contributed by atoms with Crippen LogP contribution in [0.5, 0.6) is 0 Å². The van der Waals surface area contributed by atoms with Crippen LogP contribution in [0.2, 0.25) is 0 Å². The third-order valence-electron chi connectivity index (χ3n) is 4.14. The molecule has 1 aliphatic heterocycles. The van der Waals surface area contributed by atoms with Crippen LogP contribution in [-0.2, 0) is 4.79 Å². The average Bonchev–Trinajstić information content (AvgIpc) is 2.89. The topological polar surface area (TPSA) is 58.4 Å². The molecular formula is C14H27N3O. The van der Waals surface area contributed by atoms with Crippen molar-refractivity contribution in [2.24, 2.45) is 11.7 Å². The van der Waals surface area contributed by atoms with E-state index in [-0.39, 0.29) is 11.9 Å². The Bertz CT molecular complexity index is 274. The first kappa shape index (κ1) is 13.8. The first-order chi connectivity index (χ1) is 8.63. The van der Waals surface area contributed by atoms with Gasteiger partial charge in [0, 0.05) is 38.1 Å². The fourth-order valence-corrected chi connectivity index (χ4v) is 3.25. The van der Waals surface area contributed by atoms with Crippen LogP contribution < -0.4 is 11.1 Å². The fraction of sp³-hybridized carbons (Fsp3) is 0.929. The SMILES string of the molecule is CC(N)CC(=O)NC1CCN(CC2CCCC2)C1. The van der Waals surface area contributed by atoms with E-state index in [1.807, 2.05) is 6.92 Å². The molecule has 0 spiro atoms. The van der Waals surface area contributed by atoms with Gasteiger partial charge in [0.25, 0.3) is 0 Å². The Morgan fingerprint density at radius 3 is 2.78 bits per heavy atom. The molecule has 1 saturated carbocycles. The number of likely N-dealkylation sites (tertiary alicyclic amines) is 1. The summed E-state index contributed by atoms with van der Waals surface area (Å²) >= 11 is 0. The molecule has 2 rings (SSSR count). The maximum atomic E-state index is 11.7. The van der Waals surface area contributed by atoms with Crippen LogP contribution in [0, 0.1) is 5.92 Å². The summed E-state index contributed by atoms with van der Waals surface area (Å²) in [4.78, 5) is 14.2. The molecule has 0 aromatic carbocycles. The highest BCUT2D eigenvalue weighted by Crippen LogP contribution is 2.26. The minimum absolute atomic E-state index is 0.0407. The molecule has 0 aromatic heterocycles. The number of nitrogens with two attached hydrogens (primary N) is 1. The van der Waals surface area contributed by atoms with E-state index in [1.165, 1.54) is 32.2 Å². The van der Waals surface area contributed by atoms with Crippen molar-refractivity contribution in [3.05, 3.63) is 0 Å². The maximum Gasteiger partial charge on any atom is 0.221 e. The minimum Gasteiger partial charge on any atom is -0.352 e. The van der Waals surface area contributed by atoms with Crippen molar-refractivity contribution in [1.82, 2.24) is 10.2 Å². The van der Waals surface area contributed by atoms with Crippen molar-refractivity contribution in [1.29, 1.82) is 0 Å². The first-order valence-electron chi connectivity index (χ1n) is 7.41. The van der Waals surface area contributed by atoms with Crippen LogP contribution in [-0.4, -0.2) is 42.5 Å². The van der Waals surface area contributed by atoms with Gasteiger partial charge in [0.15, 0.2) is 0 Å².